The average Bonchev–Trinajstić information content (AvgIpc) is 2.52. The minimum Gasteiger partial charge on any atom is -0.491 e. The standard InChI is InChI=1S/C18H25N4O.Y/c1-6-15(11-23-16-10-8-7-9-13(16)4)21-18-20-14(5)19-17(22-18)12(2)3;/h7-10,15H,6,11H2,1-5H3,(H,19,20,21,22);/q-1;. The molecule has 0 aliphatic carbocycles. The SMILES string of the molecule is CCC(COc1ccccc1C)Nc1nc(C)nc([C-](C)C)n1.[Y]. The van der Waals surface area contributed by atoms with Crippen molar-refractivity contribution in [3.63, 3.8) is 0 Å². The Kier molecular flexibility index (Phi) is 8.64. The largest absolute Gasteiger partial charge is 0.491 e. The van der Waals surface area contributed by atoms with Crippen LogP contribution in [0, 0.1) is 19.8 Å². The molecule has 2 rings (SSSR count). The zero-order chi connectivity index (χ0) is 16.8. The van der Waals surface area contributed by atoms with E-state index >= 15 is 0 Å². The molecule has 0 aliphatic rings. The zero-order valence-corrected chi connectivity index (χ0v) is 18.0. The molecule has 6 heteroatoms. The number of ether oxygens (including phenoxy) is 1. The van der Waals surface area contributed by atoms with Crippen molar-refractivity contribution in [2.75, 3.05) is 11.9 Å². The molecular weight excluding hydrogens is 377 g/mol. The van der Waals surface area contributed by atoms with Crippen LogP contribution in [0.2, 0.25) is 0 Å². The molecule has 5 nitrogen and oxygen atoms in total. The van der Waals surface area contributed by atoms with Crippen molar-refractivity contribution in [3.05, 3.63) is 47.4 Å². The van der Waals surface area contributed by atoms with E-state index in [9.17, 15) is 0 Å². The molecule has 0 spiro atoms. The summed E-state index contributed by atoms with van der Waals surface area (Å²) in [5.41, 5.74) is 1.14. The molecule has 0 saturated carbocycles. The van der Waals surface area contributed by atoms with Gasteiger partial charge in [-0.05, 0) is 31.9 Å². The predicted molar refractivity (Wildman–Crippen MR) is 92.6 cm³/mol. The fourth-order valence-corrected chi connectivity index (χ4v) is 2.12. The first-order valence-electron chi connectivity index (χ1n) is 7.97. The van der Waals surface area contributed by atoms with Crippen LogP contribution in [0.25, 0.3) is 0 Å². The number of nitrogens with one attached hydrogen (secondary N) is 1. The van der Waals surface area contributed by atoms with Crippen LogP contribution in [0.4, 0.5) is 5.95 Å². The van der Waals surface area contributed by atoms with Gasteiger partial charge in [-0.3, -0.25) is 4.98 Å². The van der Waals surface area contributed by atoms with E-state index < -0.39 is 0 Å². The Morgan fingerprint density at radius 1 is 1.12 bits per heavy atom. The molecule has 24 heavy (non-hydrogen) atoms. The zero-order valence-electron chi connectivity index (χ0n) is 15.1. The van der Waals surface area contributed by atoms with Gasteiger partial charge in [-0.25, -0.2) is 4.98 Å². The van der Waals surface area contributed by atoms with Crippen LogP contribution in [0.5, 0.6) is 5.75 Å². The van der Waals surface area contributed by atoms with Crippen molar-refractivity contribution >= 4 is 5.95 Å². The van der Waals surface area contributed by atoms with Gasteiger partial charge in [-0.2, -0.15) is 18.8 Å². The summed E-state index contributed by atoms with van der Waals surface area (Å²) < 4.78 is 5.93. The molecule has 0 bridgehead atoms. The fraction of sp³-hybridized carbons (Fsp3) is 0.444. The van der Waals surface area contributed by atoms with E-state index in [4.69, 9.17) is 4.74 Å². The maximum absolute atomic E-state index is 5.93. The molecule has 1 aromatic heterocycles. The van der Waals surface area contributed by atoms with Crippen LogP contribution in [-0.4, -0.2) is 27.6 Å². The summed E-state index contributed by atoms with van der Waals surface area (Å²) >= 11 is 0. The number of nitrogens with zero attached hydrogens (tertiary/aromatic N) is 3. The predicted octanol–water partition coefficient (Wildman–Crippen LogP) is 3.72. The summed E-state index contributed by atoms with van der Waals surface area (Å²) in [6.07, 6.45) is 0.917. The Morgan fingerprint density at radius 2 is 1.83 bits per heavy atom. The van der Waals surface area contributed by atoms with E-state index in [2.05, 4.69) is 27.2 Å². The van der Waals surface area contributed by atoms with Crippen LogP contribution in [0.15, 0.2) is 24.3 Å². The van der Waals surface area contributed by atoms with Gasteiger partial charge < -0.3 is 16.0 Å². The van der Waals surface area contributed by atoms with Crippen molar-refractivity contribution in [1.29, 1.82) is 0 Å². The van der Waals surface area contributed by atoms with Crippen LogP contribution < -0.4 is 10.1 Å². The first-order chi connectivity index (χ1) is 11.0. The van der Waals surface area contributed by atoms with Crippen molar-refractivity contribution in [3.8, 4) is 5.75 Å². The Bertz CT molecular complexity index is 649. The summed E-state index contributed by atoms with van der Waals surface area (Å²) in [5, 5.41) is 3.35. The van der Waals surface area contributed by atoms with Gasteiger partial charge in [0.25, 0.3) is 0 Å². The maximum atomic E-state index is 5.93. The van der Waals surface area contributed by atoms with Crippen LogP contribution >= 0.6 is 0 Å². The Morgan fingerprint density at radius 3 is 2.46 bits per heavy atom. The van der Waals surface area contributed by atoms with Gasteiger partial charge in [0.15, 0.2) is 0 Å². The average molecular weight is 402 g/mol. The van der Waals surface area contributed by atoms with Crippen molar-refractivity contribution in [1.82, 2.24) is 15.0 Å². The summed E-state index contributed by atoms with van der Waals surface area (Å²) in [4.78, 5) is 13.2. The van der Waals surface area contributed by atoms with Crippen molar-refractivity contribution in [2.45, 2.75) is 47.1 Å². The second kappa shape index (κ2) is 9.95. The number of benzene rings is 1. The molecular formula is C18H25N4OY-. The third kappa shape index (κ3) is 6.02. The fourth-order valence-electron chi connectivity index (χ4n) is 2.12. The number of hydrogen-bond donors (Lipinski definition) is 1. The van der Waals surface area contributed by atoms with E-state index in [1.54, 1.807) is 0 Å². The molecule has 1 atom stereocenters. The molecule has 0 fully saturated rings. The topological polar surface area (TPSA) is 59.9 Å². The van der Waals surface area contributed by atoms with E-state index in [0.717, 1.165) is 29.5 Å². The molecule has 1 radical (unpaired) electrons. The van der Waals surface area contributed by atoms with Gasteiger partial charge >= 0.3 is 0 Å². The summed E-state index contributed by atoms with van der Waals surface area (Å²) in [7, 11) is 0. The molecule has 1 aromatic carbocycles. The van der Waals surface area contributed by atoms with Gasteiger partial charge in [0.05, 0.1) is 6.04 Å². The second-order valence-corrected chi connectivity index (χ2v) is 5.86. The Labute approximate surface area is 169 Å². The van der Waals surface area contributed by atoms with E-state index in [-0.39, 0.29) is 38.8 Å². The van der Waals surface area contributed by atoms with Crippen molar-refractivity contribution < 1.29 is 37.4 Å². The maximum Gasteiger partial charge on any atom is 0.223 e. The molecule has 127 valence electrons. The molecule has 0 aliphatic heterocycles. The smallest absolute Gasteiger partial charge is 0.223 e. The summed E-state index contributed by atoms with van der Waals surface area (Å²) in [6.45, 7) is 10.6. The summed E-state index contributed by atoms with van der Waals surface area (Å²) in [5.74, 6) is 4.04. The van der Waals surface area contributed by atoms with Crippen LogP contribution in [-0.2, 0) is 32.7 Å². The molecule has 1 unspecified atom stereocenters. The van der Waals surface area contributed by atoms with Gasteiger partial charge in [0.2, 0.25) is 5.95 Å². The molecule has 0 amide bonds. The monoisotopic (exact) mass is 402 g/mol. The van der Waals surface area contributed by atoms with E-state index in [1.807, 2.05) is 52.0 Å². The third-order valence-corrected chi connectivity index (χ3v) is 3.55. The summed E-state index contributed by atoms with van der Waals surface area (Å²) in [6, 6.07) is 8.17. The minimum atomic E-state index is 0. The first-order valence-corrected chi connectivity index (χ1v) is 7.97. The Hall–Kier alpha value is -1.20. The molecule has 1 N–H and O–H groups in total. The van der Waals surface area contributed by atoms with Gasteiger partial charge in [-0.15, -0.1) is 0 Å². The van der Waals surface area contributed by atoms with Gasteiger partial charge in [0.1, 0.15) is 18.2 Å². The minimum absolute atomic E-state index is 0. The number of anilines is 1. The number of aromatic nitrogens is 3. The van der Waals surface area contributed by atoms with Gasteiger partial charge in [0, 0.05) is 38.5 Å². The number of hydrogen-bond acceptors (Lipinski definition) is 5. The van der Waals surface area contributed by atoms with E-state index in [1.165, 1.54) is 0 Å². The van der Waals surface area contributed by atoms with Gasteiger partial charge in [-0.1, -0.05) is 25.1 Å². The number of para-hydroxylation sites is 1. The van der Waals surface area contributed by atoms with Crippen molar-refractivity contribution in [2.24, 2.45) is 0 Å². The van der Waals surface area contributed by atoms with Crippen LogP contribution in [0.1, 0.15) is 44.4 Å². The third-order valence-electron chi connectivity index (χ3n) is 3.55. The quantitative estimate of drug-likeness (QED) is 0.716. The molecule has 2 aromatic rings. The molecule has 0 saturated heterocycles. The number of aryl methyl sites for hydroxylation is 2. The number of rotatable bonds is 7. The van der Waals surface area contributed by atoms with E-state index in [0.29, 0.717) is 18.4 Å². The second-order valence-electron chi connectivity index (χ2n) is 5.86. The van der Waals surface area contributed by atoms with Crippen LogP contribution in [0.3, 0.4) is 0 Å². The normalized spacial score (nSPS) is 11.4. The first kappa shape index (κ1) is 20.8. The molecule has 1 heterocycles. The Balaban J connectivity index is 0.00000288.